The van der Waals surface area contributed by atoms with Crippen LogP contribution < -0.4 is 5.32 Å². The number of nitrogens with zero attached hydrogens (tertiary/aromatic N) is 4. The fraction of sp³-hybridized carbons (Fsp3) is 0.571. The van der Waals surface area contributed by atoms with Crippen LogP contribution in [0.25, 0.3) is 0 Å². The number of hydrogen-bond donors (Lipinski definition) is 1. The molecule has 2 aromatic heterocycles. The predicted molar refractivity (Wildman–Crippen MR) is 75.9 cm³/mol. The molecule has 5 nitrogen and oxygen atoms in total. The second kappa shape index (κ2) is 6.52. The smallest absolute Gasteiger partial charge is 0.0849 e. The maximum atomic E-state index is 4.53. The van der Waals surface area contributed by atoms with E-state index in [-0.39, 0.29) is 0 Å². The first-order valence-electron chi connectivity index (χ1n) is 6.95. The highest BCUT2D eigenvalue weighted by atomic mass is 15.3. The van der Waals surface area contributed by atoms with Crippen molar-refractivity contribution in [3.8, 4) is 0 Å². The Bertz CT molecular complexity index is 497. The standard InChI is InChI=1S/C14H23N5/c1-4-6-15-8-13-9-16-18(10-13)11-14-5-7-19(17-14)12(2)3/h5,7,9-10,12,15H,4,6,8,11H2,1-3H3. The maximum absolute atomic E-state index is 4.53. The minimum Gasteiger partial charge on any atom is -0.313 e. The molecule has 0 aliphatic rings. The molecule has 1 N–H and O–H groups in total. The van der Waals surface area contributed by atoms with Crippen LogP contribution in [0, 0.1) is 0 Å². The Labute approximate surface area is 114 Å². The Hall–Kier alpha value is -1.62. The molecule has 0 amide bonds. The zero-order chi connectivity index (χ0) is 13.7. The summed E-state index contributed by atoms with van der Waals surface area (Å²) in [6.07, 6.45) is 7.17. The Morgan fingerprint density at radius 3 is 2.89 bits per heavy atom. The van der Waals surface area contributed by atoms with E-state index in [0.717, 1.165) is 31.7 Å². The van der Waals surface area contributed by atoms with Gasteiger partial charge in [0.25, 0.3) is 0 Å². The molecule has 0 atom stereocenters. The second-order valence-corrected chi connectivity index (χ2v) is 5.10. The maximum Gasteiger partial charge on any atom is 0.0849 e. The normalized spacial score (nSPS) is 11.4. The van der Waals surface area contributed by atoms with Crippen molar-refractivity contribution in [1.29, 1.82) is 0 Å². The highest BCUT2D eigenvalue weighted by Gasteiger charge is 2.04. The molecular formula is C14H23N5. The van der Waals surface area contributed by atoms with Crippen LogP contribution in [-0.4, -0.2) is 26.1 Å². The van der Waals surface area contributed by atoms with Gasteiger partial charge in [-0.2, -0.15) is 10.2 Å². The Balaban J connectivity index is 1.91. The van der Waals surface area contributed by atoms with Crippen LogP contribution in [0.2, 0.25) is 0 Å². The summed E-state index contributed by atoms with van der Waals surface area (Å²) in [7, 11) is 0. The number of aromatic nitrogens is 4. The van der Waals surface area contributed by atoms with Gasteiger partial charge in [0.15, 0.2) is 0 Å². The third-order valence-corrected chi connectivity index (χ3v) is 2.96. The van der Waals surface area contributed by atoms with Crippen LogP contribution in [0.1, 0.15) is 44.5 Å². The monoisotopic (exact) mass is 261 g/mol. The first kappa shape index (κ1) is 13.8. The third kappa shape index (κ3) is 3.92. The van der Waals surface area contributed by atoms with Gasteiger partial charge in [-0.25, -0.2) is 0 Å². The Kier molecular flexibility index (Phi) is 4.74. The molecule has 2 aromatic rings. The molecule has 0 aromatic carbocycles. The van der Waals surface area contributed by atoms with E-state index in [1.807, 2.05) is 21.8 Å². The largest absolute Gasteiger partial charge is 0.313 e. The molecule has 19 heavy (non-hydrogen) atoms. The van der Waals surface area contributed by atoms with Gasteiger partial charge in [-0.05, 0) is 32.9 Å². The summed E-state index contributed by atoms with van der Waals surface area (Å²) in [5.74, 6) is 0. The highest BCUT2D eigenvalue weighted by Crippen LogP contribution is 2.06. The van der Waals surface area contributed by atoms with E-state index in [0.29, 0.717) is 6.04 Å². The molecule has 0 aliphatic carbocycles. The number of nitrogens with one attached hydrogen (secondary N) is 1. The van der Waals surface area contributed by atoms with Crippen molar-refractivity contribution in [3.05, 3.63) is 35.9 Å². The van der Waals surface area contributed by atoms with Gasteiger partial charge in [-0.1, -0.05) is 6.92 Å². The van der Waals surface area contributed by atoms with Crippen molar-refractivity contribution in [2.24, 2.45) is 0 Å². The van der Waals surface area contributed by atoms with Crippen molar-refractivity contribution < 1.29 is 0 Å². The van der Waals surface area contributed by atoms with E-state index >= 15 is 0 Å². The van der Waals surface area contributed by atoms with E-state index in [2.05, 4.69) is 48.5 Å². The fourth-order valence-electron chi connectivity index (χ4n) is 1.91. The summed E-state index contributed by atoms with van der Waals surface area (Å²) in [5.41, 5.74) is 2.27. The SMILES string of the molecule is CCCNCc1cnn(Cc2ccn(C(C)C)n2)c1. The third-order valence-electron chi connectivity index (χ3n) is 2.96. The lowest BCUT2D eigenvalue weighted by Crippen LogP contribution is -2.13. The average molecular weight is 261 g/mol. The predicted octanol–water partition coefficient (Wildman–Crippen LogP) is 2.21. The molecule has 5 heteroatoms. The van der Waals surface area contributed by atoms with Gasteiger partial charge in [-0.3, -0.25) is 9.36 Å². The minimum atomic E-state index is 0.403. The van der Waals surface area contributed by atoms with E-state index in [4.69, 9.17) is 0 Å². The van der Waals surface area contributed by atoms with Gasteiger partial charge < -0.3 is 5.32 Å². The minimum absolute atomic E-state index is 0.403. The van der Waals surface area contributed by atoms with Crippen LogP contribution in [0.3, 0.4) is 0 Å². The van der Waals surface area contributed by atoms with Gasteiger partial charge in [0.2, 0.25) is 0 Å². The first-order chi connectivity index (χ1) is 9.19. The zero-order valence-electron chi connectivity index (χ0n) is 12.0. The molecule has 0 saturated carbocycles. The molecule has 0 aliphatic heterocycles. The van der Waals surface area contributed by atoms with Crippen LogP contribution in [0.15, 0.2) is 24.7 Å². The molecule has 0 unspecified atom stereocenters. The Morgan fingerprint density at radius 1 is 1.37 bits per heavy atom. The molecule has 0 fully saturated rings. The molecule has 0 spiro atoms. The fourth-order valence-corrected chi connectivity index (χ4v) is 1.91. The quantitative estimate of drug-likeness (QED) is 0.777. The van der Waals surface area contributed by atoms with Gasteiger partial charge in [0, 0.05) is 30.5 Å². The van der Waals surface area contributed by atoms with Crippen molar-refractivity contribution in [3.63, 3.8) is 0 Å². The van der Waals surface area contributed by atoms with Crippen LogP contribution >= 0.6 is 0 Å². The van der Waals surface area contributed by atoms with Crippen molar-refractivity contribution in [2.45, 2.75) is 46.3 Å². The molecular weight excluding hydrogens is 238 g/mol. The van der Waals surface area contributed by atoms with Crippen LogP contribution in [-0.2, 0) is 13.1 Å². The summed E-state index contributed by atoms with van der Waals surface area (Å²) >= 11 is 0. The van der Waals surface area contributed by atoms with Gasteiger partial charge in [0.1, 0.15) is 0 Å². The van der Waals surface area contributed by atoms with E-state index < -0.39 is 0 Å². The highest BCUT2D eigenvalue weighted by molar-refractivity contribution is 5.06. The lowest BCUT2D eigenvalue weighted by Gasteiger charge is -2.03. The summed E-state index contributed by atoms with van der Waals surface area (Å²) < 4.78 is 3.92. The summed E-state index contributed by atoms with van der Waals surface area (Å²) in [5, 5.41) is 12.3. The van der Waals surface area contributed by atoms with E-state index in [9.17, 15) is 0 Å². The van der Waals surface area contributed by atoms with Crippen molar-refractivity contribution in [1.82, 2.24) is 24.9 Å². The van der Waals surface area contributed by atoms with Crippen LogP contribution in [0.5, 0.6) is 0 Å². The molecule has 2 heterocycles. The summed E-state index contributed by atoms with van der Waals surface area (Å²) in [6, 6.07) is 2.46. The molecule has 2 rings (SSSR count). The lowest BCUT2D eigenvalue weighted by molar-refractivity contribution is 0.520. The second-order valence-electron chi connectivity index (χ2n) is 5.10. The number of rotatable bonds is 7. The van der Waals surface area contributed by atoms with Crippen molar-refractivity contribution >= 4 is 0 Å². The Morgan fingerprint density at radius 2 is 2.21 bits per heavy atom. The van der Waals surface area contributed by atoms with E-state index in [1.54, 1.807) is 0 Å². The molecule has 0 bridgehead atoms. The van der Waals surface area contributed by atoms with Crippen LogP contribution in [0.4, 0.5) is 0 Å². The molecule has 0 radical (unpaired) electrons. The van der Waals surface area contributed by atoms with E-state index in [1.165, 1.54) is 5.56 Å². The molecule has 0 saturated heterocycles. The van der Waals surface area contributed by atoms with Gasteiger partial charge in [-0.15, -0.1) is 0 Å². The summed E-state index contributed by atoms with van der Waals surface area (Å²) in [4.78, 5) is 0. The zero-order valence-corrected chi connectivity index (χ0v) is 12.0. The van der Waals surface area contributed by atoms with Gasteiger partial charge in [0.05, 0.1) is 18.4 Å². The lowest BCUT2D eigenvalue weighted by atomic mass is 10.3. The summed E-state index contributed by atoms with van der Waals surface area (Å²) in [6.45, 7) is 9.08. The average Bonchev–Trinajstić information content (AvgIpc) is 3.00. The molecule has 104 valence electrons. The van der Waals surface area contributed by atoms with Crippen molar-refractivity contribution in [2.75, 3.05) is 6.54 Å². The number of hydrogen-bond acceptors (Lipinski definition) is 3. The topological polar surface area (TPSA) is 47.7 Å². The van der Waals surface area contributed by atoms with Gasteiger partial charge >= 0.3 is 0 Å². The first-order valence-corrected chi connectivity index (χ1v) is 6.95.